The average Bonchev–Trinajstić information content (AvgIpc) is 2.52. The molecule has 0 bridgehead atoms. The zero-order valence-corrected chi connectivity index (χ0v) is 14.5. The molecule has 0 aliphatic rings. The van der Waals surface area contributed by atoms with Crippen LogP contribution >= 0.6 is 0 Å². The molecule has 5 nitrogen and oxygen atoms in total. The number of sulfonamides is 1. The Bertz CT molecular complexity index is 783. The standard InChI is InChI=1S/C17H21NO4S/c1-12-9-13(2)17(22-4)14(10-12)11-18-23(19,20)16-7-5-15(21-3)6-8-16/h5-10,18H,11H2,1-4H3. The molecule has 124 valence electrons. The smallest absolute Gasteiger partial charge is 0.240 e. The van der Waals surface area contributed by atoms with Gasteiger partial charge in [-0.1, -0.05) is 17.7 Å². The van der Waals surface area contributed by atoms with Crippen LogP contribution in [0.5, 0.6) is 11.5 Å². The van der Waals surface area contributed by atoms with Crippen molar-refractivity contribution >= 4 is 10.0 Å². The average molecular weight is 335 g/mol. The Morgan fingerprint density at radius 3 is 2.22 bits per heavy atom. The predicted molar refractivity (Wildman–Crippen MR) is 89.5 cm³/mol. The van der Waals surface area contributed by atoms with Crippen molar-refractivity contribution in [3.05, 3.63) is 53.1 Å². The van der Waals surface area contributed by atoms with Crippen LogP contribution in [0.1, 0.15) is 16.7 Å². The molecular formula is C17H21NO4S. The Morgan fingerprint density at radius 1 is 1.00 bits per heavy atom. The van der Waals surface area contributed by atoms with Gasteiger partial charge in [-0.25, -0.2) is 13.1 Å². The minimum atomic E-state index is -3.60. The summed E-state index contributed by atoms with van der Waals surface area (Å²) in [7, 11) is -0.477. The van der Waals surface area contributed by atoms with Gasteiger partial charge in [0.2, 0.25) is 10.0 Å². The molecule has 0 fully saturated rings. The quantitative estimate of drug-likeness (QED) is 0.882. The van der Waals surface area contributed by atoms with Gasteiger partial charge in [0.05, 0.1) is 19.1 Å². The zero-order chi connectivity index (χ0) is 17.0. The van der Waals surface area contributed by atoms with Crippen LogP contribution in [0.15, 0.2) is 41.3 Å². The molecule has 0 amide bonds. The van der Waals surface area contributed by atoms with Gasteiger partial charge in [0.1, 0.15) is 11.5 Å². The maximum atomic E-state index is 12.4. The lowest BCUT2D eigenvalue weighted by molar-refractivity contribution is 0.406. The SMILES string of the molecule is COc1ccc(S(=O)(=O)NCc2cc(C)cc(C)c2OC)cc1. The van der Waals surface area contributed by atoms with Crippen molar-refractivity contribution in [1.82, 2.24) is 4.72 Å². The molecule has 0 unspecified atom stereocenters. The number of benzene rings is 2. The molecule has 0 aliphatic heterocycles. The largest absolute Gasteiger partial charge is 0.497 e. The third-order valence-electron chi connectivity index (χ3n) is 3.52. The van der Waals surface area contributed by atoms with Crippen molar-refractivity contribution in [1.29, 1.82) is 0 Å². The first kappa shape index (κ1) is 17.3. The fourth-order valence-corrected chi connectivity index (χ4v) is 3.48. The molecule has 6 heteroatoms. The van der Waals surface area contributed by atoms with Gasteiger partial charge in [-0.15, -0.1) is 0 Å². The number of rotatable bonds is 6. The lowest BCUT2D eigenvalue weighted by Crippen LogP contribution is -2.23. The highest BCUT2D eigenvalue weighted by Gasteiger charge is 2.16. The molecule has 23 heavy (non-hydrogen) atoms. The van der Waals surface area contributed by atoms with Gasteiger partial charge in [0.15, 0.2) is 0 Å². The molecule has 0 heterocycles. The number of ether oxygens (including phenoxy) is 2. The van der Waals surface area contributed by atoms with E-state index in [1.807, 2.05) is 26.0 Å². The highest BCUT2D eigenvalue weighted by atomic mass is 32.2. The molecule has 2 aromatic carbocycles. The molecular weight excluding hydrogens is 314 g/mol. The zero-order valence-electron chi connectivity index (χ0n) is 13.7. The van der Waals surface area contributed by atoms with Gasteiger partial charge < -0.3 is 9.47 Å². The van der Waals surface area contributed by atoms with E-state index in [-0.39, 0.29) is 11.4 Å². The van der Waals surface area contributed by atoms with E-state index >= 15 is 0 Å². The van der Waals surface area contributed by atoms with E-state index in [0.717, 1.165) is 16.7 Å². The number of aryl methyl sites for hydroxylation is 2. The molecule has 0 aromatic heterocycles. The predicted octanol–water partition coefficient (Wildman–Crippen LogP) is 2.80. The molecule has 2 aromatic rings. The first-order valence-corrected chi connectivity index (χ1v) is 8.63. The van der Waals surface area contributed by atoms with E-state index in [9.17, 15) is 8.42 Å². The highest BCUT2D eigenvalue weighted by molar-refractivity contribution is 7.89. The van der Waals surface area contributed by atoms with E-state index < -0.39 is 10.0 Å². The minimum Gasteiger partial charge on any atom is -0.497 e. The lowest BCUT2D eigenvalue weighted by Gasteiger charge is -2.14. The van der Waals surface area contributed by atoms with Crippen LogP contribution in [0.4, 0.5) is 0 Å². The third-order valence-corrected chi connectivity index (χ3v) is 4.94. The minimum absolute atomic E-state index is 0.167. The summed E-state index contributed by atoms with van der Waals surface area (Å²) in [6.07, 6.45) is 0. The van der Waals surface area contributed by atoms with Crippen LogP contribution in [0.25, 0.3) is 0 Å². The third kappa shape index (κ3) is 4.03. The Balaban J connectivity index is 2.22. The van der Waals surface area contributed by atoms with Crippen LogP contribution < -0.4 is 14.2 Å². The number of hydrogen-bond donors (Lipinski definition) is 1. The fraction of sp³-hybridized carbons (Fsp3) is 0.294. The van der Waals surface area contributed by atoms with Crippen molar-refractivity contribution in [2.24, 2.45) is 0 Å². The number of hydrogen-bond acceptors (Lipinski definition) is 4. The van der Waals surface area contributed by atoms with E-state index in [1.165, 1.54) is 19.2 Å². The Morgan fingerprint density at radius 2 is 1.65 bits per heavy atom. The Hall–Kier alpha value is -2.05. The van der Waals surface area contributed by atoms with E-state index in [0.29, 0.717) is 11.5 Å². The molecule has 0 aliphatic carbocycles. The topological polar surface area (TPSA) is 64.6 Å². The lowest BCUT2D eigenvalue weighted by atomic mass is 10.1. The van der Waals surface area contributed by atoms with Crippen LogP contribution in [-0.2, 0) is 16.6 Å². The molecule has 0 spiro atoms. The molecule has 0 saturated heterocycles. The summed E-state index contributed by atoms with van der Waals surface area (Å²) in [5.41, 5.74) is 2.84. The first-order valence-electron chi connectivity index (χ1n) is 7.15. The Labute approximate surface area is 137 Å². The summed E-state index contributed by atoms with van der Waals surface area (Å²) in [6.45, 7) is 4.07. The van der Waals surface area contributed by atoms with Gasteiger partial charge in [-0.05, 0) is 43.7 Å². The van der Waals surface area contributed by atoms with E-state index in [2.05, 4.69) is 4.72 Å². The van der Waals surface area contributed by atoms with Crippen molar-refractivity contribution in [3.63, 3.8) is 0 Å². The molecule has 0 atom stereocenters. The van der Waals surface area contributed by atoms with Crippen LogP contribution in [0, 0.1) is 13.8 Å². The van der Waals surface area contributed by atoms with Crippen molar-refractivity contribution in [2.75, 3.05) is 14.2 Å². The maximum absolute atomic E-state index is 12.4. The molecule has 0 saturated carbocycles. The second kappa shape index (κ2) is 7.02. The van der Waals surface area contributed by atoms with Crippen LogP contribution in [0.2, 0.25) is 0 Å². The van der Waals surface area contributed by atoms with E-state index in [1.54, 1.807) is 19.2 Å². The van der Waals surface area contributed by atoms with Crippen LogP contribution in [-0.4, -0.2) is 22.6 Å². The van der Waals surface area contributed by atoms with E-state index in [4.69, 9.17) is 9.47 Å². The first-order chi connectivity index (χ1) is 10.9. The van der Waals surface area contributed by atoms with Gasteiger partial charge >= 0.3 is 0 Å². The Kier molecular flexibility index (Phi) is 5.28. The molecule has 2 rings (SSSR count). The number of methoxy groups -OCH3 is 2. The molecule has 1 N–H and O–H groups in total. The monoisotopic (exact) mass is 335 g/mol. The summed E-state index contributed by atoms with van der Waals surface area (Å²) in [4.78, 5) is 0.196. The second-order valence-corrected chi connectivity index (χ2v) is 7.04. The van der Waals surface area contributed by atoms with Gasteiger partial charge in [-0.3, -0.25) is 0 Å². The van der Waals surface area contributed by atoms with Gasteiger partial charge in [0, 0.05) is 12.1 Å². The van der Waals surface area contributed by atoms with Crippen LogP contribution in [0.3, 0.4) is 0 Å². The summed E-state index contributed by atoms with van der Waals surface area (Å²) >= 11 is 0. The summed E-state index contributed by atoms with van der Waals surface area (Å²) < 4.78 is 37.8. The summed E-state index contributed by atoms with van der Waals surface area (Å²) in [6, 6.07) is 10.2. The fourth-order valence-electron chi connectivity index (χ4n) is 2.48. The molecule has 0 radical (unpaired) electrons. The summed E-state index contributed by atoms with van der Waals surface area (Å²) in [5, 5.41) is 0. The maximum Gasteiger partial charge on any atom is 0.240 e. The van der Waals surface area contributed by atoms with Crippen molar-refractivity contribution < 1.29 is 17.9 Å². The van der Waals surface area contributed by atoms with Crippen molar-refractivity contribution in [3.8, 4) is 11.5 Å². The number of nitrogens with one attached hydrogen (secondary N) is 1. The van der Waals surface area contributed by atoms with Gasteiger partial charge in [0.25, 0.3) is 0 Å². The van der Waals surface area contributed by atoms with Crippen molar-refractivity contribution in [2.45, 2.75) is 25.3 Å². The summed E-state index contributed by atoms with van der Waals surface area (Å²) in [5.74, 6) is 1.31. The second-order valence-electron chi connectivity index (χ2n) is 5.27. The highest BCUT2D eigenvalue weighted by Crippen LogP contribution is 2.25. The van der Waals surface area contributed by atoms with Gasteiger partial charge in [-0.2, -0.15) is 0 Å². The normalized spacial score (nSPS) is 11.3.